The van der Waals surface area contributed by atoms with Crippen LogP contribution < -0.4 is 5.32 Å². The van der Waals surface area contributed by atoms with Crippen LogP contribution >= 0.6 is 22.9 Å². The predicted molar refractivity (Wildman–Crippen MR) is 69.8 cm³/mol. The Morgan fingerprint density at radius 2 is 2.13 bits per heavy atom. The van der Waals surface area contributed by atoms with Crippen LogP contribution in [-0.4, -0.2) is 7.05 Å². The summed E-state index contributed by atoms with van der Waals surface area (Å²) in [5.74, 6) is 0. The summed E-state index contributed by atoms with van der Waals surface area (Å²) < 4.78 is 0. The van der Waals surface area contributed by atoms with Crippen LogP contribution in [0.3, 0.4) is 0 Å². The van der Waals surface area contributed by atoms with Crippen LogP contribution in [0.25, 0.3) is 0 Å². The number of halogens is 1. The molecule has 1 heterocycles. The predicted octanol–water partition coefficient (Wildman–Crippen LogP) is 4.49. The van der Waals surface area contributed by atoms with Gasteiger partial charge in [0.1, 0.15) is 0 Å². The van der Waals surface area contributed by atoms with Crippen LogP contribution in [0.4, 0.5) is 0 Å². The maximum absolute atomic E-state index is 6.13. The molecule has 0 saturated heterocycles. The highest BCUT2D eigenvalue weighted by atomic mass is 35.5. The number of thiophene rings is 1. The fraction of sp³-hybridized carbons (Fsp3) is 0.667. The maximum Gasteiger partial charge on any atom is 0.0561 e. The van der Waals surface area contributed by atoms with Crippen molar-refractivity contribution in [2.45, 2.75) is 39.7 Å². The minimum absolute atomic E-state index is 0.388. The smallest absolute Gasteiger partial charge is 0.0561 e. The third-order valence-corrected chi connectivity index (χ3v) is 3.96. The maximum atomic E-state index is 6.13. The minimum Gasteiger partial charge on any atom is -0.312 e. The fourth-order valence-corrected chi connectivity index (χ4v) is 2.87. The number of hydrogen-bond acceptors (Lipinski definition) is 2. The minimum atomic E-state index is 0.388. The standard InChI is InChI=1S/C12H20ClNS/c1-12(2,3)7-5-10(14-4)11-9(13)6-8-15-11/h6,8,10,14H,5,7H2,1-4H3. The van der Waals surface area contributed by atoms with E-state index in [2.05, 4.69) is 31.5 Å². The van der Waals surface area contributed by atoms with Crippen LogP contribution in [0, 0.1) is 5.41 Å². The summed E-state index contributed by atoms with van der Waals surface area (Å²) in [4.78, 5) is 1.27. The molecule has 0 aliphatic rings. The van der Waals surface area contributed by atoms with E-state index in [4.69, 9.17) is 11.6 Å². The Labute approximate surface area is 102 Å². The average Bonchev–Trinajstić information content (AvgIpc) is 2.52. The molecule has 1 atom stereocenters. The van der Waals surface area contributed by atoms with Crippen molar-refractivity contribution in [3.63, 3.8) is 0 Å². The Morgan fingerprint density at radius 1 is 1.47 bits per heavy atom. The van der Waals surface area contributed by atoms with Crippen molar-refractivity contribution in [2.75, 3.05) is 7.05 Å². The van der Waals surface area contributed by atoms with E-state index in [1.54, 1.807) is 11.3 Å². The summed E-state index contributed by atoms with van der Waals surface area (Å²) in [7, 11) is 2.00. The van der Waals surface area contributed by atoms with E-state index < -0.39 is 0 Å². The summed E-state index contributed by atoms with van der Waals surface area (Å²) in [5, 5.41) is 6.30. The van der Waals surface area contributed by atoms with Crippen LogP contribution in [0.2, 0.25) is 5.02 Å². The molecule has 0 aliphatic carbocycles. The lowest BCUT2D eigenvalue weighted by Crippen LogP contribution is -2.18. The van der Waals surface area contributed by atoms with Gasteiger partial charge in [-0.25, -0.2) is 0 Å². The topological polar surface area (TPSA) is 12.0 Å². The van der Waals surface area contributed by atoms with Gasteiger partial charge in [0.25, 0.3) is 0 Å². The van der Waals surface area contributed by atoms with E-state index in [0.717, 1.165) is 11.4 Å². The van der Waals surface area contributed by atoms with Gasteiger partial charge in [-0.2, -0.15) is 0 Å². The molecule has 1 aromatic rings. The highest BCUT2D eigenvalue weighted by Crippen LogP contribution is 2.33. The van der Waals surface area contributed by atoms with Gasteiger partial charge in [-0.15, -0.1) is 11.3 Å². The molecular weight excluding hydrogens is 226 g/mol. The molecule has 0 spiro atoms. The molecule has 3 heteroatoms. The Hall–Kier alpha value is -0.0500. The van der Waals surface area contributed by atoms with Crippen LogP contribution in [0.15, 0.2) is 11.4 Å². The van der Waals surface area contributed by atoms with Crippen molar-refractivity contribution in [2.24, 2.45) is 5.41 Å². The van der Waals surface area contributed by atoms with Gasteiger partial charge in [-0.05, 0) is 36.8 Å². The molecule has 1 nitrogen and oxygen atoms in total. The molecule has 0 saturated carbocycles. The van der Waals surface area contributed by atoms with Gasteiger partial charge in [0.15, 0.2) is 0 Å². The molecule has 1 rings (SSSR count). The average molecular weight is 246 g/mol. The van der Waals surface area contributed by atoms with Gasteiger partial charge in [-0.1, -0.05) is 32.4 Å². The Bertz CT molecular complexity index is 301. The van der Waals surface area contributed by atoms with E-state index in [1.807, 2.05) is 13.1 Å². The molecule has 0 fully saturated rings. The van der Waals surface area contributed by atoms with Crippen LogP contribution in [-0.2, 0) is 0 Å². The Morgan fingerprint density at radius 3 is 2.53 bits per heavy atom. The van der Waals surface area contributed by atoms with Gasteiger partial charge < -0.3 is 5.32 Å². The Balaban J connectivity index is 2.61. The Kier molecular flexibility index (Phi) is 4.63. The first-order valence-corrected chi connectivity index (χ1v) is 6.60. The lowest BCUT2D eigenvalue weighted by molar-refractivity contribution is 0.339. The first-order valence-electron chi connectivity index (χ1n) is 5.34. The largest absolute Gasteiger partial charge is 0.312 e. The second kappa shape index (κ2) is 5.33. The van der Waals surface area contributed by atoms with Crippen molar-refractivity contribution < 1.29 is 0 Å². The van der Waals surface area contributed by atoms with Crippen LogP contribution in [0.1, 0.15) is 44.5 Å². The van der Waals surface area contributed by atoms with Gasteiger partial charge in [-0.3, -0.25) is 0 Å². The molecule has 0 bridgehead atoms. The molecule has 1 N–H and O–H groups in total. The van der Waals surface area contributed by atoms with E-state index >= 15 is 0 Å². The van der Waals surface area contributed by atoms with E-state index in [0.29, 0.717) is 11.5 Å². The van der Waals surface area contributed by atoms with Crippen molar-refractivity contribution in [3.8, 4) is 0 Å². The first-order chi connectivity index (χ1) is 6.94. The lowest BCUT2D eigenvalue weighted by Gasteiger charge is -2.22. The molecule has 86 valence electrons. The van der Waals surface area contributed by atoms with Crippen LogP contribution in [0.5, 0.6) is 0 Å². The SMILES string of the molecule is CNC(CCC(C)(C)C)c1sccc1Cl. The van der Waals surface area contributed by atoms with E-state index in [9.17, 15) is 0 Å². The molecule has 0 amide bonds. The molecule has 0 aliphatic heterocycles. The third-order valence-electron chi connectivity index (χ3n) is 2.49. The van der Waals surface area contributed by atoms with Crippen molar-refractivity contribution in [3.05, 3.63) is 21.3 Å². The highest BCUT2D eigenvalue weighted by molar-refractivity contribution is 7.10. The molecule has 15 heavy (non-hydrogen) atoms. The fourth-order valence-electron chi connectivity index (χ4n) is 1.54. The molecule has 1 aromatic heterocycles. The van der Waals surface area contributed by atoms with Crippen molar-refractivity contribution >= 4 is 22.9 Å². The highest BCUT2D eigenvalue weighted by Gasteiger charge is 2.18. The summed E-state index contributed by atoms with van der Waals surface area (Å²) in [6, 6.07) is 2.37. The van der Waals surface area contributed by atoms with Gasteiger partial charge in [0, 0.05) is 10.9 Å². The quantitative estimate of drug-likeness (QED) is 0.824. The van der Waals surface area contributed by atoms with E-state index in [1.165, 1.54) is 11.3 Å². The normalized spacial score (nSPS) is 14.2. The number of hydrogen-bond donors (Lipinski definition) is 1. The zero-order valence-corrected chi connectivity index (χ0v) is 11.5. The third kappa shape index (κ3) is 4.13. The van der Waals surface area contributed by atoms with Crippen molar-refractivity contribution in [1.82, 2.24) is 5.32 Å². The summed E-state index contributed by atoms with van der Waals surface area (Å²) in [6.45, 7) is 6.82. The monoisotopic (exact) mass is 245 g/mol. The summed E-state index contributed by atoms with van der Waals surface area (Å²) >= 11 is 7.87. The summed E-state index contributed by atoms with van der Waals surface area (Å²) in [6.07, 6.45) is 2.34. The first kappa shape index (κ1) is 13.0. The second-order valence-electron chi connectivity index (χ2n) is 5.07. The van der Waals surface area contributed by atoms with Crippen molar-refractivity contribution in [1.29, 1.82) is 0 Å². The lowest BCUT2D eigenvalue weighted by atomic mass is 9.88. The number of nitrogens with one attached hydrogen (secondary N) is 1. The van der Waals surface area contributed by atoms with Gasteiger partial charge >= 0.3 is 0 Å². The van der Waals surface area contributed by atoms with Gasteiger partial charge in [0.2, 0.25) is 0 Å². The zero-order valence-electron chi connectivity index (χ0n) is 9.93. The molecule has 0 radical (unpaired) electrons. The summed E-state index contributed by atoms with van der Waals surface area (Å²) in [5.41, 5.74) is 0.388. The second-order valence-corrected chi connectivity index (χ2v) is 6.43. The molecule has 0 aromatic carbocycles. The molecule has 1 unspecified atom stereocenters. The molecular formula is C12H20ClNS. The zero-order chi connectivity index (χ0) is 11.5. The number of rotatable bonds is 4. The van der Waals surface area contributed by atoms with Gasteiger partial charge in [0.05, 0.1) is 5.02 Å². The van der Waals surface area contributed by atoms with E-state index in [-0.39, 0.29) is 0 Å².